The lowest BCUT2D eigenvalue weighted by molar-refractivity contribution is -0.360. The molecule has 23 heteroatoms. The highest BCUT2D eigenvalue weighted by Crippen LogP contribution is 2.36. The van der Waals surface area contributed by atoms with Gasteiger partial charge in [-0.05, 0) is 68.0 Å². The summed E-state index contributed by atoms with van der Waals surface area (Å²) in [5.41, 5.74) is 3.19. The Labute approximate surface area is 413 Å². The van der Waals surface area contributed by atoms with Crippen LogP contribution >= 0.6 is 11.8 Å². The van der Waals surface area contributed by atoms with Crippen molar-refractivity contribution < 1.29 is 56.7 Å². The van der Waals surface area contributed by atoms with Crippen molar-refractivity contribution in [3.05, 3.63) is 107 Å². The number of amides is 3. The summed E-state index contributed by atoms with van der Waals surface area (Å²) in [6.07, 6.45) is 10.5. The molecule has 19 nitrogen and oxygen atoms in total. The van der Waals surface area contributed by atoms with Crippen LogP contribution in [0.3, 0.4) is 0 Å². The van der Waals surface area contributed by atoms with Gasteiger partial charge in [0.05, 0.1) is 37.7 Å². The van der Waals surface area contributed by atoms with E-state index >= 15 is 8.63 Å². The van der Waals surface area contributed by atoms with E-state index in [1.165, 1.54) is 29.0 Å². The van der Waals surface area contributed by atoms with Crippen molar-refractivity contribution in [2.75, 3.05) is 64.5 Å². The van der Waals surface area contributed by atoms with Crippen LogP contribution in [0.1, 0.15) is 62.7 Å². The number of hydrogen-bond acceptors (Lipinski definition) is 14. The van der Waals surface area contributed by atoms with Gasteiger partial charge in [-0.3, -0.25) is 19.0 Å². The van der Waals surface area contributed by atoms with E-state index in [-0.39, 0.29) is 18.4 Å². The third kappa shape index (κ3) is 12.9. The van der Waals surface area contributed by atoms with Crippen LogP contribution in [-0.4, -0.2) is 147 Å². The van der Waals surface area contributed by atoms with Gasteiger partial charge in [-0.25, -0.2) is 15.0 Å². The van der Waals surface area contributed by atoms with Gasteiger partial charge in [-0.2, -0.15) is 0 Å². The summed E-state index contributed by atoms with van der Waals surface area (Å²) in [5.74, 6) is 0.0498. The number of carbonyl (C=O) groups excluding carboxylic acids is 3. The Morgan fingerprint density at radius 3 is 2.45 bits per heavy atom. The van der Waals surface area contributed by atoms with Crippen molar-refractivity contribution in [2.24, 2.45) is 0 Å². The molecule has 3 aliphatic heterocycles. The lowest BCUT2D eigenvalue weighted by atomic mass is 9.90. The maximum atomic E-state index is 16.2. The number of halogens is 2. The minimum Gasteiger partial charge on any atom is -0.484 e. The molecule has 0 aliphatic carbocycles. The van der Waals surface area contributed by atoms with Crippen LogP contribution in [0, 0.1) is 0 Å². The zero-order chi connectivity index (χ0) is 50.3. The van der Waals surface area contributed by atoms with Crippen molar-refractivity contribution in [1.29, 1.82) is 0 Å². The number of aliphatic hydroxyl groups excluding tert-OH is 2. The largest absolute Gasteiger partial charge is 0.737 e. The van der Waals surface area contributed by atoms with E-state index in [0.29, 0.717) is 122 Å². The van der Waals surface area contributed by atoms with Crippen LogP contribution in [0.15, 0.2) is 89.9 Å². The molecule has 0 bridgehead atoms. The Bertz CT molecular complexity index is 2690. The zero-order valence-electron chi connectivity index (χ0n) is 39.5. The van der Waals surface area contributed by atoms with Gasteiger partial charge in [0.2, 0.25) is 5.91 Å². The molecule has 0 spiro atoms. The predicted octanol–water partition coefficient (Wildman–Crippen LogP) is 4.25. The minimum atomic E-state index is -4.17. The Hall–Kier alpha value is -6.50. The van der Waals surface area contributed by atoms with E-state index in [1.807, 2.05) is 6.92 Å². The highest BCUT2D eigenvalue weighted by atomic mass is 32.2. The number of nitrogens with one attached hydrogen (secondary N) is 4. The Kier molecular flexibility index (Phi) is 18.5. The SMILES string of the molecule is C=CS/C(=C\C)C1=[N+]2C(=Cc3ccc(/C=C/c4ccc(OCC(=O)NCCCCCC(=O)NCCOCCOCCNc5ncnc6c5ncn6[C@@H]5O[C@H](C(=O)NCC)[C@@H](O)[C@H]5O)cc4)n3[B-]2(F)F)C=C1. The summed E-state index contributed by atoms with van der Waals surface area (Å²) in [6.45, 7) is 5.85. The van der Waals surface area contributed by atoms with Crippen LogP contribution in [0.25, 0.3) is 29.4 Å². The first-order valence-corrected chi connectivity index (χ1v) is 24.4. The molecule has 3 aliphatic rings. The molecular formula is C48H59BF2N10O9S. The predicted molar refractivity (Wildman–Crippen MR) is 267 cm³/mol. The standard InChI is InChI=1S/C48H59BF2N10O9S/c1-4-38(71-6-3)37-20-17-35-28-34-16-15-33(60(34)49(50,51)61(35)37)14-11-32-12-18-36(19-13-32)69-29-40(63)53-21-9-7-8-10-39(62)54-22-24-67-26-27-68-25-23-55-45-41-46(57-30-56-45)59(31-58-41)48-43(65)42(64)44(70-48)47(66)52-5-2/h4,6,11-20,28,30-31,42-44,48,64-65H,3,5,7-10,21-27,29H2,1-2H3,(H,52,66)(H,53,63)(H,54,62)(H,55,56,57)/b14-11+,38-4-/t42-,43+,44-,48+/m0/s1. The molecule has 6 heterocycles. The topological polar surface area (TPSA) is 228 Å². The summed E-state index contributed by atoms with van der Waals surface area (Å²) in [5, 5.41) is 34.0. The first kappa shape index (κ1) is 52.3. The van der Waals surface area contributed by atoms with Gasteiger partial charge in [0, 0.05) is 62.2 Å². The van der Waals surface area contributed by atoms with Gasteiger partial charge in [-0.15, -0.1) is 0 Å². The fourth-order valence-corrected chi connectivity index (χ4v) is 8.79. The molecule has 0 radical (unpaired) electrons. The number of likely N-dealkylation sites (N-methyl/N-ethyl adjacent to an activating group) is 1. The number of fused-ring (bicyclic) bond motifs is 3. The number of ether oxygens (including phenoxy) is 4. The van der Waals surface area contributed by atoms with Crippen molar-refractivity contribution in [2.45, 2.75) is 64.1 Å². The maximum Gasteiger partial charge on any atom is 0.737 e. The second-order valence-electron chi connectivity index (χ2n) is 16.5. The van der Waals surface area contributed by atoms with Crippen LogP contribution < -0.4 is 26.0 Å². The molecule has 3 aromatic heterocycles. The number of rotatable bonds is 27. The smallest absolute Gasteiger partial charge is 0.484 e. The average Bonchev–Trinajstić information content (AvgIpc) is 4.17. The number of aromatic nitrogens is 5. The first-order valence-electron chi connectivity index (χ1n) is 23.5. The number of carbonyl (C=O) groups is 3. The number of nitrogens with zero attached hydrogens (tertiary/aromatic N) is 6. The molecule has 0 unspecified atom stereocenters. The monoisotopic (exact) mass is 1000 g/mol. The number of aliphatic hydroxyl groups is 2. The van der Waals surface area contributed by atoms with Gasteiger partial charge < -0.3 is 68.0 Å². The molecule has 378 valence electrons. The molecule has 4 atom stereocenters. The molecule has 71 heavy (non-hydrogen) atoms. The number of hydrogen-bond donors (Lipinski definition) is 6. The number of anilines is 1. The van der Waals surface area contributed by atoms with Crippen molar-refractivity contribution >= 4 is 77.4 Å². The van der Waals surface area contributed by atoms with Crippen LogP contribution in [-0.2, 0) is 28.6 Å². The van der Waals surface area contributed by atoms with Gasteiger partial charge in [0.15, 0.2) is 47.3 Å². The van der Waals surface area contributed by atoms with Gasteiger partial charge >= 0.3 is 6.97 Å². The van der Waals surface area contributed by atoms with E-state index < -0.39 is 37.4 Å². The zero-order valence-corrected chi connectivity index (χ0v) is 40.4. The lowest BCUT2D eigenvalue weighted by Gasteiger charge is -2.30. The summed E-state index contributed by atoms with van der Waals surface area (Å²) in [6, 6.07) is 10.4. The molecule has 1 aromatic carbocycles. The van der Waals surface area contributed by atoms with Crippen molar-refractivity contribution in [1.82, 2.24) is 39.9 Å². The highest BCUT2D eigenvalue weighted by molar-refractivity contribution is 8.06. The number of allylic oxidation sites excluding steroid dienone is 4. The number of imidazole rings is 1. The van der Waals surface area contributed by atoms with Gasteiger partial charge in [0.1, 0.15) is 24.3 Å². The van der Waals surface area contributed by atoms with Crippen LogP contribution in [0.2, 0.25) is 0 Å². The summed E-state index contributed by atoms with van der Waals surface area (Å²) in [7, 11) is 0. The molecule has 4 aromatic rings. The van der Waals surface area contributed by atoms with E-state index in [1.54, 1.807) is 85.2 Å². The second-order valence-corrected chi connectivity index (χ2v) is 17.5. The van der Waals surface area contributed by atoms with Crippen molar-refractivity contribution in [3.63, 3.8) is 0 Å². The highest BCUT2D eigenvalue weighted by Gasteiger charge is 2.53. The summed E-state index contributed by atoms with van der Waals surface area (Å²) < 4.78 is 58.6. The first-order chi connectivity index (χ1) is 34.4. The summed E-state index contributed by atoms with van der Waals surface area (Å²) in [4.78, 5) is 50.5. The molecular weight excluding hydrogens is 941 g/mol. The molecule has 1 saturated heterocycles. The Morgan fingerprint density at radius 1 is 0.915 bits per heavy atom. The fourth-order valence-electron chi connectivity index (χ4n) is 8.19. The fraction of sp³-hybridized carbons (Fsp3) is 0.396. The van der Waals surface area contributed by atoms with E-state index in [9.17, 15) is 24.6 Å². The average molecular weight is 1000 g/mol. The quantitative estimate of drug-likeness (QED) is 0.0363. The van der Waals surface area contributed by atoms with Crippen LogP contribution in [0.5, 0.6) is 5.75 Å². The molecule has 7 rings (SSSR count). The Balaban J connectivity index is 0.700. The van der Waals surface area contributed by atoms with Crippen LogP contribution in [0.4, 0.5) is 14.4 Å². The Morgan fingerprint density at radius 2 is 1.69 bits per heavy atom. The van der Waals surface area contributed by atoms with E-state index in [2.05, 4.69) is 42.8 Å². The van der Waals surface area contributed by atoms with Gasteiger partial charge in [-0.1, -0.05) is 49.0 Å². The minimum absolute atomic E-state index is 0.0801. The lowest BCUT2D eigenvalue weighted by Crippen LogP contribution is -2.50. The normalized spacial score (nSPS) is 19.2. The number of benzene rings is 1. The van der Waals surface area contributed by atoms with Gasteiger partial charge in [0.25, 0.3) is 11.8 Å². The molecule has 0 saturated carbocycles. The number of unbranched alkanes of at least 4 members (excludes halogenated alkanes) is 2. The van der Waals surface area contributed by atoms with E-state index in [0.717, 1.165) is 20.9 Å². The third-order valence-electron chi connectivity index (χ3n) is 11.6. The van der Waals surface area contributed by atoms with Crippen molar-refractivity contribution in [3.8, 4) is 5.75 Å². The molecule has 3 amide bonds. The number of thioether (sulfide) groups is 1. The second kappa shape index (κ2) is 25.1. The molecule has 1 fully saturated rings. The third-order valence-corrected chi connectivity index (χ3v) is 12.5. The summed E-state index contributed by atoms with van der Waals surface area (Å²) >= 11 is 1.30. The maximum absolute atomic E-state index is 16.2. The van der Waals surface area contributed by atoms with E-state index in [4.69, 9.17) is 18.9 Å². The molecule has 6 N–H and O–H groups in total.